The molecule has 0 unspecified atom stereocenters. The number of halogens is 1. The first kappa shape index (κ1) is 22.9. The maximum atomic E-state index is 12.8. The molecule has 0 saturated carbocycles. The molecule has 0 radical (unpaired) electrons. The van der Waals surface area contributed by atoms with Gasteiger partial charge < -0.3 is 10.6 Å². The summed E-state index contributed by atoms with van der Waals surface area (Å²) in [5, 5.41) is 8.65. The van der Waals surface area contributed by atoms with Gasteiger partial charge in [0.15, 0.2) is 5.11 Å². The fourth-order valence-corrected chi connectivity index (χ4v) is 3.59. The van der Waals surface area contributed by atoms with Gasteiger partial charge in [0, 0.05) is 14.8 Å². The Labute approximate surface area is 200 Å². The van der Waals surface area contributed by atoms with Crippen LogP contribution in [0.5, 0.6) is 0 Å². The van der Waals surface area contributed by atoms with Gasteiger partial charge in [-0.15, -0.1) is 0 Å². The molecule has 0 saturated heterocycles. The number of carbonyl (C=O) groups excluding carboxylic acids is 2. The second kappa shape index (κ2) is 10.0. The van der Waals surface area contributed by atoms with Gasteiger partial charge in [-0.3, -0.25) is 14.9 Å². The van der Waals surface area contributed by atoms with Crippen molar-refractivity contribution >= 4 is 63.1 Å². The maximum absolute atomic E-state index is 12.8. The Morgan fingerprint density at radius 3 is 2.23 bits per heavy atom. The highest BCUT2D eigenvalue weighted by Crippen LogP contribution is 2.19. The summed E-state index contributed by atoms with van der Waals surface area (Å²) in [5.74, 6) is -0.582. The van der Waals surface area contributed by atoms with E-state index in [0.29, 0.717) is 22.5 Å². The van der Waals surface area contributed by atoms with Crippen LogP contribution in [0, 0.1) is 24.3 Å². The lowest BCUT2D eigenvalue weighted by molar-refractivity contribution is 0.0976. The lowest BCUT2D eigenvalue weighted by Crippen LogP contribution is -2.34. The maximum Gasteiger partial charge on any atom is 0.257 e. The van der Waals surface area contributed by atoms with Crippen molar-refractivity contribution in [3.63, 3.8) is 0 Å². The number of carbonyl (C=O) groups is 2. The summed E-state index contributed by atoms with van der Waals surface area (Å²) in [6, 6.07) is 18.2. The van der Waals surface area contributed by atoms with Crippen molar-refractivity contribution < 1.29 is 9.59 Å². The Balaban J connectivity index is 1.71. The van der Waals surface area contributed by atoms with Crippen molar-refractivity contribution in [1.29, 1.82) is 0 Å². The number of benzene rings is 3. The molecule has 2 amide bonds. The monoisotopic (exact) mass is 543 g/mol. The van der Waals surface area contributed by atoms with E-state index in [9.17, 15) is 9.59 Å². The molecule has 0 heterocycles. The number of thiocarbonyl (C=S) groups is 1. The van der Waals surface area contributed by atoms with E-state index in [4.69, 9.17) is 12.2 Å². The number of hydrogen-bond acceptors (Lipinski definition) is 3. The van der Waals surface area contributed by atoms with Crippen LogP contribution in [-0.4, -0.2) is 16.9 Å². The molecule has 0 aliphatic heterocycles. The Morgan fingerprint density at radius 1 is 0.806 bits per heavy atom. The predicted octanol–water partition coefficient (Wildman–Crippen LogP) is 5.60. The minimum absolute atomic E-state index is 0.118. The van der Waals surface area contributed by atoms with Crippen molar-refractivity contribution in [3.8, 4) is 0 Å². The van der Waals surface area contributed by atoms with Gasteiger partial charge in [0.2, 0.25) is 0 Å². The number of amides is 2. The summed E-state index contributed by atoms with van der Waals surface area (Å²) in [4.78, 5) is 25.4. The highest BCUT2D eigenvalue weighted by Gasteiger charge is 2.14. The first-order valence-corrected chi connectivity index (χ1v) is 11.1. The van der Waals surface area contributed by atoms with Gasteiger partial charge in [-0.25, -0.2) is 0 Å². The van der Waals surface area contributed by atoms with E-state index in [1.807, 2.05) is 45.0 Å². The van der Waals surface area contributed by atoms with Crippen LogP contribution in [-0.2, 0) is 0 Å². The van der Waals surface area contributed by atoms with E-state index in [-0.39, 0.29) is 16.9 Å². The summed E-state index contributed by atoms with van der Waals surface area (Å²) in [7, 11) is 0. The molecule has 158 valence electrons. The van der Waals surface area contributed by atoms with Gasteiger partial charge >= 0.3 is 0 Å². The molecule has 0 aliphatic carbocycles. The minimum atomic E-state index is -0.313. The van der Waals surface area contributed by atoms with Crippen LogP contribution in [0.25, 0.3) is 0 Å². The van der Waals surface area contributed by atoms with Crippen LogP contribution in [0.2, 0.25) is 0 Å². The molecule has 0 bridgehead atoms. The Hall–Kier alpha value is -2.78. The smallest absolute Gasteiger partial charge is 0.257 e. The quantitative estimate of drug-likeness (QED) is 0.296. The third kappa shape index (κ3) is 5.89. The number of anilines is 2. The van der Waals surface area contributed by atoms with Gasteiger partial charge in [0.05, 0.1) is 11.3 Å². The summed E-state index contributed by atoms with van der Waals surface area (Å²) < 4.78 is 0.998. The molecule has 3 N–H and O–H groups in total. The van der Waals surface area contributed by atoms with E-state index >= 15 is 0 Å². The second-order valence-electron chi connectivity index (χ2n) is 7.17. The van der Waals surface area contributed by atoms with Crippen molar-refractivity contribution in [1.82, 2.24) is 5.32 Å². The largest absolute Gasteiger partial charge is 0.332 e. The van der Waals surface area contributed by atoms with Crippen LogP contribution in [0.1, 0.15) is 37.4 Å². The molecule has 3 aromatic rings. The molecule has 31 heavy (non-hydrogen) atoms. The van der Waals surface area contributed by atoms with Crippen LogP contribution < -0.4 is 16.0 Å². The molecule has 0 atom stereocenters. The van der Waals surface area contributed by atoms with E-state index in [1.165, 1.54) is 0 Å². The van der Waals surface area contributed by atoms with Crippen LogP contribution in [0.4, 0.5) is 11.4 Å². The molecular formula is C24H22IN3O2S. The minimum Gasteiger partial charge on any atom is -0.332 e. The van der Waals surface area contributed by atoms with Crippen LogP contribution >= 0.6 is 34.8 Å². The highest BCUT2D eigenvalue weighted by molar-refractivity contribution is 14.1. The number of rotatable bonds is 4. The lowest BCUT2D eigenvalue weighted by Gasteiger charge is -2.14. The first-order chi connectivity index (χ1) is 14.7. The third-order valence-electron chi connectivity index (χ3n) is 4.85. The van der Waals surface area contributed by atoms with Crippen molar-refractivity contribution in [3.05, 3.63) is 92.1 Å². The van der Waals surface area contributed by atoms with Gasteiger partial charge in [-0.1, -0.05) is 24.3 Å². The molecule has 0 spiro atoms. The molecule has 0 aromatic heterocycles. The summed E-state index contributed by atoms with van der Waals surface area (Å²) in [6.45, 7) is 6.00. The topological polar surface area (TPSA) is 70.2 Å². The number of para-hydroxylation sites is 1. The van der Waals surface area contributed by atoms with E-state index in [0.717, 1.165) is 20.3 Å². The Bertz CT molecular complexity index is 1180. The van der Waals surface area contributed by atoms with Crippen LogP contribution in [0.3, 0.4) is 0 Å². The zero-order valence-electron chi connectivity index (χ0n) is 17.4. The van der Waals surface area contributed by atoms with Gasteiger partial charge in [-0.2, -0.15) is 0 Å². The summed E-state index contributed by atoms with van der Waals surface area (Å²) >= 11 is 7.49. The molecule has 3 aromatic carbocycles. The van der Waals surface area contributed by atoms with Crippen molar-refractivity contribution in [2.24, 2.45) is 0 Å². The molecule has 3 rings (SSSR count). The van der Waals surface area contributed by atoms with Gasteiger partial charge in [0.25, 0.3) is 11.8 Å². The molecule has 0 aliphatic rings. The van der Waals surface area contributed by atoms with E-state index in [2.05, 4.69) is 38.5 Å². The fourth-order valence-electron chi connectivity index (χ4n) is 2.87. The number of aryl methyl sites for hydroxylation is 3. The molecule has 0 fully saturated rings. The number of hydrogen-bond donors (Lipinski definition) is 3. The van der Waals surface area contributed by atoms with Crippen LogP contribution in [0.15, 0.2) is 60.7 Å². The second-order valence-corrected chi connectivity index (χ2v) is 8.74. The van der Waals surface area contributed by atoms with Gasteiger partial charge in [-0.05, 0) is 109 Å². The SMILES string of the molecule is Cc1ccc(NC(=O)c2ccccc2NC(=S)NC(=O)c2ccc(C)c(I)c2)cc1C. The predicted molar refractivity (Wildman–Crippen MR) is 138 cm³/mol. The van der Waals surface area contributed by atoms with Crippen molar-refractivity contribution in [2.45, 2.75) is 20.8 Å². The number of nitrogens with one attached hydrogen (secondary N) is 3. The lowest BCUT2D eigenvalue weighted by atomic mass is 10.1. The normalized spacial score (nSPS) is 10.3. The van der Waals surface area contributed by atoms with Crippen molar-refractivity contribution in [2.75, 3.05) is 10.6 Å². The first-order valence-electron chi connectivity index (χ1n) is 9.60. The standard InChI is InChI=1S/C24H22IN3O2S/c1-14-9-11-18(12-16(14)3)26-23(30)19-6-4-5-7-21(19)27-24(31)28-22(29)17-10-8-15(2)20(25)13-17/h4-13H,1-3H3,(H,26,30)(H2,27,28,29,31). The Kier molecular flexibility index (Phi) is 7.40. The average Bonchev–Trinajstić information content (AvgIpc) is 2.73. The van der Waals surface area contributed by atoms with E-state index < -0.39 is 0 Å². The molecule has 7 heteroatoms. The highest BCUT2D eigenvalue weighted by atomic mass is 127. The summed E-state index contributed by atoms with van der Waals surface area (Å²) in [5.41, 5.74) is 5.51. The third-order valence-corrected chi connectivity index (χ3v) is 6.21. The van der Waals surface area contributed by atoms with E-state index in [1.54, 1.807) is 36.4 Å². The summed E-state index contributed by atoms with van der Waals surface area (Å²) in [6.07, 6.45) is 0. The zero-order valence-corrected chi connectivity index (χ0v) is 20.4. The average molecular weight is 543 g/mol. The Morgan fingerprint density at radius 2 is 1.52 bits per heavy atom. The molecular weight excluding hydrogens is 521 g/mol. The zero-order chi connectivity index (χ0) is 22.5. The fraction of sp³-hybridized carbons (Fsp3) is 0.125. The molecule has 5 nitrogen and oxygen atoms in total. The van der Waals surface area contributed by atoms with Gasteiger partial charge in [0.1, 0.15) is 0 Å².